The molecule has 42 heavy (non-hydrogen) atoms. The van der Waals surface area contributed by atoms with E-state index in [0.717, 1.165) is 0 Å². The maximum absolute atomic E-state index is 4.13. The van der Waals surface area contributed by atoms with Gasteiger partial charge in [0.1, 0.15) is 0 Å². The molecular formula is C37H50Cl2N2Ru. The molecule has 0 aliphatic heterocycles. The topological polar surface area (TPSA) is 9.86 Å². The van der Waals surface area contributed by atoms with Gasteiger partial charge in [0.25, 0.3) is 0 Å². The van der Waals surface area contributed by atoms with Crippen LogP contribution < -0.4 is 0 Å². The minimum absolute atomic E-state index is 0. The number of aryl methyl sites for hydroxylation is 6. The molecule has 0 N–H and O–H groups in total. The number of nitrogens with zero attached hydrogens (tertiary/aromatic N) is 2. The molecule has 2 nitrogen and oxygen atoms in total. The third kappa shape index (κ3) is 6.42. The number of hydrogen-bond donors (Lipinski definition) is 0. The van der Waals surface area contributed by atoms with Gasteiger partial charge >= 0.3 is 251 Å². The van der Waals surface area contributed by atoms with E-state index in [-0.39, 0.29) is 51.9 Å². The summed E-state index contributed by atoms with van der Waals surface area (Å²) < 4.78 is 10.3. The first-order chi connectivity index (χ1) is 18.5. The van der Waals surface area contributed by atoms with E-state index in [0.29, 0.717) is 0 Å². The van der Waals surface area contributed by atoms with Crippen LogP contribution in [0.1, 0.15) is 88.8 Å². The Kier molecular flexibility index (Phi) is 11.1. The molecule has 0 saturated heterocycles. The second-order valence-electron chi connectivity index (χ2n) is 13.5. The summed E-state index contributed by atoms with van der Waals surface area (Å²) in [5.74, 6) is 0. The van der Waals surface area contributed by atoms with Gasteiger partial charge in [-0.3, -0.25) is 0 Å². The van der Waals surface area contributed by atoms with Crippen LogP contribution in [0.5, 0.6) is 0 Å². The van der Waals surface area contributed by atoms with Crippen molar-refractivity contribution in [3.8, 4) is 11.4 Å². The maximum atomic E-state index is 4.13. The van der Waals surface area contributed by atoms with Crippen molar-refractivity contribution < 1.29 is 16.2 Å². The van der Waals surface area contributed by atoms with Crippen molar-refractivity contribution in [1.82, 2.24) is 9.13 Å². The van der Waals surface area contributed by atoms with Crippen molar-refractivity contribution in [2.75, 3.05) is 0 Å². The molecule has 0 atom stereocenters. The van der Waals surface area contributed by atoms with Crippen LogP contribution in [0.25, 0.3) is 11.4 Å². The summed E-state index contributed by atoms with van der Waals surface area (Å²) in [4.78, 5) is 0. The van der Waals surface area contributed by atoms with Crippen LogP contribution in [0.3, 0.4) is 0 Å². The van der Waals surface area contributed by atoms with Gasteiger partial charge in [-0.2, -0.15) is 0 Å². The molecule has 0 amide bonds. The number of allylic oxidation sites excluding steroid dienone is 5. The Hall–Kier alpha value is -2.02. The molecule has 5 heteroatoms. The van der Waals surface area contributed by atoms with Gasteiger partial charge in [-0.25, -0.2) is 0 Å². The Morgan fingerprint density at radius 1 is 0.667 bits per heavy atom. The van der Waals surface area contributed by atoms with E-state index >= 15 is 0 Å². The van der Waals surface area contributed by atoms with Gasteiger partial charge in [-0.1, -0.05) is 0 Å². The molecule has 1 heterocycles. The zero-order valence-corrected chi connectivity index (χ0v) is 31.4. The molecule has 0 unspecified atom stereocenters. The first-order valence-corrected chi connectivity index (χ1v) is 16.1. The molecule has 1 aliphatic rings. The number of aromatic nitrogens is 2. The Bertz CT molecular complexity index is 1630. The number of benzene rings is 2. The van der Waals surface area contributed by atoms with Crippen LogP contribution in [0.4, 0.5) is 0 Å². The Morgan fingerprint density at radius 3 is 1.36 bits per heavy atom. The summed E-state index contributed by atoms with van der Waals surface area (Å²) in [6.45, 7) is 32.1. The third-order valence-electron chi connectivity index (χ3n) is 8.78. The summed E-state index contributed by atoms with van der Waals surface area (Å²) in [5.41, 5.74) is 17.6. The standard InChI is InChI=1S/C21H24N2.C16H24.2ClH.Ru/c1-14-9-16(3)20(17(4)10-14)22-7-8-23(13-22)21-18(5)11-15(2)12-19(21)6;1-10-11(2)14(13(4)15(5,6)7)16(8,9)12(10)3;;;/h7-12H,1-6H3;1-3,5-9H3;2*1H;. The fourth-order valence-electron chi connectivity index (χ4n) is 6.62. The Balaban J connectivity index is 0.00000308. The van der Waals surface area contributed by atoms with Crippen LogP contribution >= 0.6 is 24.8 Å². The Morgan fingerprint density at radius 2 is 1.05 bits per heavy atom. The van der Waals surface area contributed by atoms with Crippen LogP contribution in [0, 0.1) is 56.4 Å². The van der Waals surface area contributed by atoms with E-state index < -0.39 is 0 Å². The molecule has 4 rings (SSSR count). The van der Waals surface area contributed by atoms with E-state index in [1.165, 1.54) is 76.6 Å². The van der Waals surface area contributed by atoms with Crippen LogP contribution in [-0.4, -0.2) is 13.4 Å². The Labute approximate surface area is 274 Å². The van der Waals surface area contributed by atoms with E-state index in [4.69, 9.17) is 0 Å². The van der Waals surface area contributed by atoms with Crippen LogP contribution in [0.2, 0.25) is 0 Å². The molecule has 1 aliphatic carbocycles. The van der Waals surface area contributed by atoms with Crippen molar-refractivity contribution in [2.24, 2.45) is 10.8 Å². The molecule has 0 spiro atoms. The van der Waals surface area contributed by atoms with Gasteiger partial charge in [-0.15, -0.1) is 24.8 Å². The zero-order valence-electron chi connectivity index (χ0n) is 28.0. The predicted octanol–water partition coefficient (Wildman–Crippen LogP) is 10.6. The zero-order chi connectivity index (χ0) is 29.9. The molecular weight excluding hydrogens is 644 g/mol. The van der Waals surface area contributed by atoms with E-state index in [1.54, 1.807) is 0 Å². The summed E-state index contributed by atoms with van der Waals surface area (Å²) in [6.07, 6.45) is 4.54. The number of imidazole rings is 1. The SMILES string of the molecule is CC1=C(C)C(C)(C)C(C(=[C]=[Ru]=[c]2n(-c3c(C)cc(C)cc3C)ccn2-c2c(C)cc(C)cc2C)C(C)(C)C)=C1C.Cl.Cl. The summed E-state index contributed by atoms with van der Waals surface area (Å²) >= 11 is -0.383. The van der Waals surface area contributed by atoms with Crippen molar-refractivity contribution >= 4 is 29.1 Å². The molecule has 0 bridgehead atoms. The molecule has 0 radical (unpaired) electrons. The average molecular weight is 695 g/mol. The fraction of sp³-hybridized carbons (Fsp3) is 0.432. The van der Waals surface area contributed by atoms with Gasteiger partial charge < -0.3 is 0 Å². The number of halogens is 2. The minimum atomic E-state index is -0.383. The van der Waals surface area contributed by atoms with Crippen LogP contribution in [0.15, 0.2) is 64.5 Å². The summed E-state index contributed by atoms with van der Waals surface area (Å²) in [6, 6.07) is 9.23. The maximum Gasteiger partial charge on any atom is -0.147 e. The van der Waals surface area contributed by atoms with Crippen molar-refractivity contribution in [3.05, 3.63) is 102 Å². The molecule has 3 aromatic rings. The molecule has 0 saturated carbocycles. The average Bonchev–Trinajstić information content (AvgIpc) is 3.26. The van der Waals surface area contributed by atoms with Gasteiger partial charge in [-0.05, 0) is 0 Å². The van der Waals surface area contributed by atoms with Crippen molar-refractivity contribution in [3.63, 3.8) is 0 Å². The largest absolute Gasteiger partial charge is 0.147 e. The van der Waals surface area contributed by atoms with Gasteiger partial charge in [0.15, 0.2) is 0 Å². The van der Waals surface area contributed by atoms with Crippen LogP contribution in [-0.2, 0) is 16.2 Å². The first-order valence-electron chi connectivity index (χ1n) is 14.4. The van der Waals surface area contributed by atoms with Gasteiger partial charge in [0.2, 0.25) is 0 Å². The van der Waals surface area contributed by atoms with E-state index in [2.05, 4.69) is 147 Å². The van der Waals surface area contributed by atoms with Crippen molar-refractivity contribution in [2.45, 2.75) is 96.9 Å². The summed E-state index contributed by atoms with van der Waals surface area (Å²) in [7, 11) is 0. The quantitative estimate of drug-likeness (QED) is 0.242. The molecule has 1 aromatic heterocycles. The predicted molar refractivity (Wildman–Crippen MR) is 184 cm³/mol. The smallest absolute Gasteiger partial charge is 0.147 e. The normalized spacial score (nSPS) is 14.5. The second kappa shape index (κ2) is 12.9. The molecule has 2 aromatic carbocycles. The van der Waals surface area contributed by atoms with E-state index in [1.807, 2.05) is 0 Å². The first kappa shape index (κ1) is 36.2. The fourth-order valence-corrected chi connectivity index (χ4v) is 8.96. The second-order valence-corrected chi connectivity index (χ2v) is 15.1. The summed E-state index contributed by atoms with van der Waals surface area (Å²) in [5, 5.41) is 0. The van der Waals surface area contributed by atoms with E-state index in [9.17, 15) is 0 Å². The number of rotatable bonds is 3. The minimum Gasteiger partial charge on any atom is -0.147 e. The molecule has 0 fully saturated rings. The third-order valence-corrected chi connectivity index (χ3v) is 10.7. The van der Waals surface area contributed by atoms with Gasteiger partial charge in [0, 0.05) is 0 Å². The monoisotopic (exact) mass is 694 g/mol. The molecule has 230 valence electrons. The van der Waals surface area contributed by atoms with Gasteiger partial charge in [0.05, 0.1) is 0 Å². The number of hydrogen-bond acceptors (Lipinski definition) is 0. The van der Waals surface area contributed by atoms with Crippen molar-refractivity contribution in [1.29, 1.82) is 0 Å².